The van der Waals surface area contributed by atoms with E-state index < -0.39 is 34.3 Å². The maximum Gasteiger partial charge on any atom is 0.362 e. The zero-order chi connectivity index (χ0) is 16.6. The van der Waals surface area contributed by atoms with E-state index >= 15 is 0 Å². The number of nitrogens with one attached hydrogen (secondary N) is 1. The van der Waals surface area contributed by atoms with Gasteiger partial charge in [-0.2, -0.15) is 8.42 Å². The second kappa shape index (κ2) is 5.78. The normalized spacial score (nSPS) is 23.4. The monoisotopic (exact) mass is 340 g/mol. The molecule has 2 N–H and O–H groups in total. The van der Waals surface area contributed by atoms with Crippen molar-refractivity contribution in [3.8, 4) is 0 Å². The van der Waals surface area contributed by atoms with Crippen molar-refractivity contribution >= 4 is 22.2 Å². The van der Waals surface area contributed by atoms with Crippen LogP contribution in [0.15, 0.2) is 24.4 Å². The third kappa shape index (κ3) is 2.86. The number of rotatable bonds is 4. The van der Waals surface area contributed by atoms with Gasteiger partial charge in [0.2, 0.25) is 0 Å². The summed E-state index contributed by atoms with van der Waals surface area (Å²) in [4.78, 5) is 29.4. The first kappa shape index (κ1) is 15.7. The molecule has 2 aliphatic rings. The second-order valence-electron chi connectivity index (χ2n) is 5.41. The molecule has 9 nitrogen and oxygen atoms in total. The molecule has 2 saturated heterocycles. The van der Waals surface area contributed by atoms with Gasteiger partial charge in [0.15, 0.2) is 0 Å². The van der Waals surface area contributed by atoms with Crippen molar-refractivity contribution < 1.29 is 22.6 Å². The molecular formula is C13H16N4O5S. The van der Waals surface area contributed by atoms with E-state index in [1.54, 1.807) is 12.3 Å². The van der Waals surface area contributed by atoms with Crippen molar-refractivity contribution in [2.75, 3.05) is 13.1 Å². The molecule has 0 unspecified atom stereocenters. The van der Waals surface area contributed by atoms with Crippen LogP contribution in [-0.4, -0.2) is 64.3 Å². The number of carbonyl (C=O) groups excluding carboxylic acids is 2. The van der Waals surface area contributed by atoms with Crippen molar-refractivity contribution in [2.24, 2.45) is 0 Å². The van der Waals surface area contributed by atoms with E-state index in [1.807, 2.05) is 12.1 Å². The highest BCUT2D eigenvalue weighted by Crippen LogP contribution is 2.35. The third-order valence-electron chi connectivity index (χ3n) is 4.03. The summed E-state index contributed by atoms with van der Waals surface area (Å²) in [6.45, 7) is 0.627. The van der Waals surface area contributed by atoms with Crippen LogP contribution in [0.1, 0.15) is 12.1 Å². The van der Waals surface area contributed by atoms with Crippen LogP contribution in [0.2, 0.25) is 0 Å². The zero-order valence-electron chi connectivity index (χ0n) is 12.1. The smallest absolute Gasteiger partial charge is 0.338 e. The Hall–Kier alpha value is -2.20. The van der Waals surface area contributed by atoms with Gasteiger partial charge in [-0.25, -0.2) is 9.10 Å². The lowest BCUT2D eigenvalue weighted by atomic mass is 10.0. The topological polar surface area (TPSA) is 120 Å². The standard InChI is InChI=1S/C13H16N4O5S/c18-12-11-10(17(12)23(20,21)22)5-8-16(11)13(19)15-7-4-9-3-1-2-6-14-9/h1-3,6,10-11H,4-5,7-8H2,(H,15,19)(H,20,21,22)/t10-,11+/m1/s1. The van der Waals surface area contributed by atoms with E-state index in [0.717, 1.165) is 5.69 Å². The average Bonchev–Trinajstić information content (AvgIpc) is 2.85. The van der Waals surface area contributed by atoms with Gasteiger partial charge in [-0.3, -0.25) is 14.3 Å². The molecule has 2 aliphatic heterocycles. The first-order valence-electron chi connectivity index (χ1n) is 7.14. The Kier molecular flexibility index (Phi) is 3.94. The Morgan fingerprint density at radius 2 is 2.22 bits per heavy atom. The van der Waals surface area contributed by atoms with E-state index in [0.29, 0.717) is 23.7 Å². The minimum Gasteiger partial charge on any atom is -0.338 e. The van der Waals surface area contributed by atoms with Gasteiger partial charge in [0.05, 0.1) is 6.04 Å². The number of β-lactam (4-membered cyclic amide) rings is 1. The Bertz CT molecular complexity index is 723. The van der Waals surface area contributed by atoms with E-state index in [4.69, 9.17) is 4.55 Å². The van der Waals surface area contributed by atoms with Crippen molar-refractivity contribution in [3.05, 3.63) is 30.1 Å². The first-order valence-corrected chi connectivity index (χ1v) is 8.54. The van der Waals surface area contributed by atoms with Crippen LogP contribution in [0.5, 0.6) is 0 Å². The molecule has 0 aliphatic carbocycles. The summed E-state index contributed by atoms with van der Waals surface area (Å²) in [5.41, 5.74) is 0.837. The summed E-state index contributed by atoms with van der Waals surface area (Å²) < 4.78 is 31.7. The molecule has 3 amide bonds. The van der Waals surface area contributed by atoms with Crippen LogP contribution in [0.3, 0.4) is 0 Å². The van der Waals surface area contributed by atoms with Gasteiger partial charge in [0.1, 0.15) is 6.04 Å². The number of hydrogen-bond acceptors (Lipinski definition) is 5. The molecule has 0 bridgehead atoms. The largest absolute Gasteiger partial charge is 0.362 e. The fourth-order valence-electron chi connectivity index (χ4n) is 2.99. The Labute approximate surface area is 133 Å². The number of aromatic nitrogens is 1. The molecule has 0 saturated carbocycles. The number of likely N-dealkylation sites (tertiary alicyclic amines) is 1. The minimum atomic E-state index is -4.55. The zero-order valence-corrected chi connectivity index (χ0v) is 12.9. The molecule has 0 aromatic carbocycles. The lowest BCUT2D eigenvalue weighted by Crippen LogP contribution is -2.68. The van der Waals surface area contributed by atoms with Crippen molar-refractivity contribution in [2.45, 2.75) is 24.9 Å². The Balaban J connectivity index is 1.55. The maximum atomic E-state index is 12.1. The van der Waals surface area contributed by atoms with Crippen molar-refractivity contribution in [1.82, 2.24) is 19.5 Å². The highest BCUT2D eigenvalue weighted by Gasteiger charge is 2.59. The lowest BCUT2D eigenvalue weighted by Gasteiger charge is -2.42. The molecule has 2 atom stereocenters. The third-order valence-corrected chi connectivity index (χ3v) is 4.98. The van der Waals surface area contributed by atoms with E-state index in [-0.39, 0.29) is 6.54 Å². The summed E-state index contributed by atoms with van der Waals surface area (Å²) in [5, 5.41) is 2.70. The number of carbonyl (C=O) groups is 2. The molecule has 1 aromatic heterocycles. The minimum absolute atomic E-state index is 0.266. The molecule has 1 aromatic rings. The van der Waals surface area contributed by atoms with Crippen LogP contribution in [0, 0.1) is 0 Å². The number of nitrogens with zero attached hydrogens (tertiary/aromatic N) is 3. The summed E-state index contributed by atoms with van der Waals surface area (Å²) in [6.07, 6.45) is 2.54. The predicted octanol–water partition coefficient (Wildman–Crippen LogP) is -0.578. The van der Waals surface area contributed by atoms with Gasteiger partial charge in [-0.05, 0) is 18.6 Å². The number of fused-ring (bicyclic) bond motifs is 1. The number of amides is 3. The van der Waals surface area contributed by atoms with E-state index in [9.17, 15) is 18.0 Å². The van der Waals surface area contributed by atoms with Gasteiger partial charge >= 0.3 is 16.3 Å². The fraction of sp³-hybridized carbons (Fsp3) is 0.462. The van der Waals surface area contributed by atoms with Crippen LogP contribution in [-0.2, 0) is 21.5 Å². The summed E-state index contributed by atoms with van der Waals surface area (Å²) >= 11 is 0. The molecule has 0 spiro atoms. The number of urea groups is 1. The van der Waals surface area contributed by atoms with Crippen molar-refractivity contribution in [1.29, 1.82) is 0 Å². The van der Waals surface area contributed by atoms with Gasteiger partial charge in [0.25, 0.3) is 5.91 Å². The summed E-state index contributed by atoms with van der Waals surface area (Å²) in [6, 6.07) is 3.60. The number of pyridine rings is 1. The van der Waals surface area contributed by atoms with Crippen LogP contribution < -0.4 is 5.32 Å². The first-order chi connectivity index (χ1) is 10.9. The average molecular weight is 340 g/mol. The SMILES string of the molecule is O=C(NCCc1ccccn1)N1CC[C@@H]2[C@H]1C(=O)N2S(=O)(=O)O. The molecule has 124 valence electrons. The highest BCUT2D eigenvalue weighted by atomic mass is 32.2. The quantitative estimate of drug-likeness (QED) is 0.559. The molecule has 3 rings (SSSR count). The van der Waals surface area contributed by atoms with Crippen LogP contribution >= 0.6 is 0 Å². The predicted molar refractivity (Wildman–Crippen MR) is 78.6 cm³/mol. The van der Waals surface area contributed by atoms with Gasteiger partial charge in [-0.1, -0.05) is 6.07 Å². The Morgan fingerprint density at radius 3 is 2.87 bits per heavy atom. The van der Waals surface area contributed by atoms with Crippen LogP contribution in [0.25, 0.3) is 0 Å². The van der Waals surface area contributed by atoms with E-state index in [2.05, 4.69) is 10.3 Å². The van der Waals surface area contributed by atoms with Crippen LogP contribution in [0.4, 0.5) is 4.79 Å². The Morgan fingerprint density at radius 1 is 1.43 bits per heavy atom. The molecule has 0 radical (unpaired) electrons. The molecular weight excluding hydrogens is 324 g/mol. The maximum absolute atomic E-state index is 12.1. The van der Waals surface area contributed by atoms with Gasteiger partial charge in [-0.15, -0.1) is 0 Å². The highest BCUT2D eigenvalue weighted by molar-refractivity contribution is 7.84. The van der Waals surface area contributed by atoms with Gasteiger partial charge < -0.3 is 10.2 Å². The summed E-state index contributed by atoms with van der Waals surface area (Å²) in [7, 11) is -4.55. The molecule has 23 heavy (non-hydrogen) atoms. The fourth-order valence-corrected chi connectivity index (χ4v) is 3.89. The molecule has 2 fully saturated rings. The molecule has 10 heteroatoms. The number of hydrogen-bond donors (Lipinski definition) is 2. The van der Waals surface area contributed by atoms with Crippen molar-refractivity contribution in [3.63, 3.8) is 0 Å². The second-order valence-corrected chi connectivity index (χ2v) is 6.70. The molecule has 3 heterocycles. The summed E-state index contributed by atoms with van der Waals surface area (Å²) in [5.74, 6) is -0.769. The van der Waals surface area contributed by atoms with E-state index in [1.165, 1.54) is 4.90 Å². The van der Waals surface area contributed by atoms with Gasteiger partial charge in [0, 0.05) is 31.4 Å². The lowest BCUT2D eigenvalue weighted by molar-refractivity contribution is -0.143.